The number of aromatic nitrogens is 2. The summed E-state index contributed by atoms with van der Waals surface area (Å²) in [5.41, 5.74) is 1.84. The minimum atomic E-state index is -4.56. The van der Waals surface area contributed by atoms with E-state index in [0.29, 0.717) is 33.9 Å². The van der Waals surface area contributed by atoms with Gasteiger partial charge in [-0.15, -0.1) is 0 Å². The average molecular weight is 484 g/mol. The van der Waals surface area contributed by atoms with Gasteiger partial charge in [-0.2, -0.15) is 13.2 Å². The van der Waals surface area contributed by atoms with Crippen LogP contribution in [0.25, 0.3) is 11.0 Å². The lowest BCUT2D eigenvalue weighted by Gasteiger charge is -2.14. The first-order chi connectivity index (χ1) is 16.3. The predicted molar refractivity (Wildman–Crippen MR) is 126 cm³/mol. The summed E-state index contributed by atoms with van der Waals surface area (Å²) >= 11 is 1.13. The fraction of sp³-hybridized carbons (Fsp3) is 0.160. The molecule has 0 unspecified atom stereocenters. The number of thioether (sulfide) groups is 1. The molecule has 0 bridgehead atoms. The summed E-state index contributed by atoms with van der Waals surface area (Å²) in [5.74, 6) is 0.0248. The Morgan fingerprint density at radius 2 is 1.68 bits per heavy atom. The third-order valence-corrected chi connectivity index (χ3v) is 5.97. The SMILES string of the molecule is COc1cccc(Cc2nc3ccccc3nc2SCC(=O)Nc2ccccc2C(F)(F)F)c1. The molecule has 0 atom stereocenters. The highest BCUT2D eigenvalue weighted by molar-refractivity contribution is 8.00. The number of anilines is 1. The molecule has 174 valence electrons. The van der Waals surface area contributed by atoms with Crippen molar-refractivity contribution in [1.29, 1.82) is 0 Å². The van der Waals surface area contributed by atoms with Gasteiger partial charge in [0.2, 0.25) is 5.91 Å². The Morgan fingerprint density at radius 1 is 0.971 bits per heavy atom. The van der Waals surface area contributed by atoms with E-state index >= 15 is 0 Å². The van der Waals surface area contributed by atoms with Gasteiger partial charge in [-0.05, 0) is 42.0 Å². The zero-order valence-corrected chi connectivity index (χ0v) is 18.9. The summed E-state index contributed by atoms with van der Waals surface area (Å²) in [6.07, 6.45) is -4.11. The van der Waals surface area contributed by atoms with E-state index in [1.165, 1.54) is 18.2 Å². The maximum Gasteiger partial charge on any atom is 0.418 e. The van der Waals surface area contributed by atoms with Crippen LogP contribution in [0.15, 0.2) is 77.8 Å². The Morgan fingerprint density at radius 3 is 2.41 bits per heavy atom. The molecule has 0 saturated heterocycles. The lowest BCUT2D eigenvalue weighted by molar-refractivity contribution is -0.137. The number of amides is 1. The molecule has 3 aromatic carbocycles. The number of hydrogen-bond acceptors (Lipinski definition) is 5. The molecular formula is C25H20F3N3O2S. The van der Waals surface area contributed by atoms with Crippen molar-refractivity contribution in [2.75, 3.05) is 18.2 Å². The fourth-order valence-electron chi connectivity index (χ4n) is 3.39. The number of para-hydroxylation sites is 3. The molecule has 1 aromatic heterocycles. The smallest absolute Gasteiger partial charge is 0.418 e. The molecular weight excluding hydrogens is 463 g/mol. The van der Waals surface area contributed by atoms with Gasteiger partial charge in [0.1, 0.15) is 10.8 Å². The first-order valence-electron chi connectivity index (χ1n) is 10.3. The van der Waals surface area contributed by atoms with Crippen LogP contribution < -0.4 is 10.1 Å². The summed E-state index contributed by atoms with van der Waals surface area (Å²) in [6, 6.07) is 19.8. The Labute approximate surface area is 198 Å². The highest BCUT2D eigenvalue weighted by Crippen LogP contribution is 2.34. The minimum Gasteiger partial charge on any atom is -0.497 e. The maximum absolute atomic E-state index is 13.2. The Balaban J connectivity index is 1.56. The topological polar surface area (TPSA) is 64.1 Å². The number of halogens is 3. The number of alkyl halides is 3. The standard InChI is InChI=1S/C25H20F3N3O2S/c1-33-17-8-6-7-16(13-17)14-22-24(31-21-12-5-4-11-20(21)29-22)34-15-23(32)30-19-10-3-2-9-18(19)25(26,27)28/h2-13H,14-15H2,1H3,(H,30,32). The third-order valence-electron chi connectivity index (χ3n) is 4.96. The number of carbonyl (C=O) groups excluding carboxylic acids is 1. The number of fused-ring (bicyclic) bond motifs is 1. The molecule has 4 aromatic rings. The molecule has 1 amide bonds. The van der Waals surface area contributed by atoms with Crippen LogP contribution in [0, 0.1) is 0 Å². The third kappa shape index (κ3) is 5.66. The van der Waals surface area contributed by atoms with Gasteiger partial charge in [-0.3, -0.25) is 4.79 Å². The van der Waals surface area contributed by atoms with Crippen molar-refractivity contribution in [3.8, 4) is 5.75 Å². The van der Waals surface area contributed by atoms with Crippen molar-refractivity contribution in [1.82, 2.24) is 9.97 Å². The second-order valence-corrected chi connectivity index (χ2v) is 8.34. The summed E-state index contributed by atoms with van der Waals surface area (Å²) < 4.78 is 45.0. The van der Waals surface area contributed by atoms with Crippen LogP contribution >= 0.6 is 11.8 Å². The number of hydrogen-bond donors (Lipinski definition) is 1. The van der Waals surface area contributed by atoms with E-state index in [9.17, 15) is 18.0 Å². The number of nitrogens with one attached hydrogen (secondary N) is 1. The molecule has 5 nitrogen and oxygen atoms in total. The second-order valence-electron chi connectivity index (χ2n) is 7.37. The lowest BCUT2D eigenvalue weighted by Crippen LogP contribution is -2.18. The number of methoxy groups -OCH3 is 1. The number of ether oxygens (including phenoxy) is 1. The minimum absolute atomic E-state index is 0.121. The van der Waals surface area contributed by atoms with Crippen LogP contribution in [-0.4, -0.2) is 28.7 Å². The number of benzene rings is 3. The van der Waals surface area contributed by atoms with Crippen LogP contribution in [0.4, 0.5) is 18.9 Å². The molecule has 34 heavy (non-hydrogen) atoms. The van der Waals surface area contributed by atoms with Crippen molar-refractivity contribution in [3.05, 3.63) is 89.6 Å². The van der Waals surface area contributed by atoms with Crippen LogP contribution in [0.3, 0.4) is 0 Å². The van der Waals surface area contributed by atoms with E-state index in [2.05, 4.69) is 10.3 Å². The quantitative estimate of drug-likeness (QED) is 0.328. The van der Waals surface area contributed by atoms with E-state index in [0.717, 1.165) is 23.4 Å². The van der Waals surface area contributed by atoms with Crippen molar-refractivity contribution >= 4 is 34.4 Å². The maximum atomic E-state index is 13.2. The lowest BCUT2D eigenvalue weighted by atomic mass is 10.1. The van der Waals surface area contributed by atoms with E-state index in [-0.39, 0.29) is 11.4 Å². The zero-order valence-electron chi connectivity index (χ0n) is 18.1. The average Bonchev–Trinajstić information content (AvgIpc) is 2.82. The van der Waals surface area contributed by atoms with Crippen molar-refractivity contribution in [2.24, 2.45) is 0 Å². The second kappa shape index (κ2) is 10.1. The fourth-order valence-corrected chi connectivity index (χ4v) is 4.17. The molecule has 0 aliphatic carbocycles. The first-order valence-corrected chi connectivity index (χ1v) is 11.3. The summed E-state index contributed by atoms with van der Waals surface area (Å²) in [5, 5.41) is 2.91. The molecule has 1 heterocycles. The molecule has 0 saturated carbocycles. The van der Waals surface area contributed by atoms with Crippen LogP contribution in [0.5, 0.6) is 5.75 Å². The van der Waals surface area contributed by atoms with Crippen molar-refractivity contribution < 1.29 is 22.7 Å². The van der Waals surface area contributed by atoms with Crippen LogP contribution in [0.2, 0.25) is 0 Å². The summed E-state index contributed by atoms with van der Waals surface area (Å²) in [4.78, 5) is 21.9. The van der Waals surface area contributed by atoms with E-state index in [1.54, 1.807) is 7.11 Å². The van der Waals surface area contributed by atoms with E-state index in [4.69, 9.17) is 9.72 Å². The molecule has 0 radical (unpaired) electrons. The van der Waals surface area contributed by atoms with Gasteiger partial charge >= 0.3 is 6.18 Å². The van der Waals surface area contributed by atoms with Crippen LogP contribution in [-0.2, 0) is 17.4 Å². The van der Waals surface area contributed by atoms with Gasteiger partial charge in [0.05, 0.1) is 40.8 Å². The van der Waals surface area contributed by atoms with Gasteiger partial charge in [-0.25, -0.2) is 9.97 Å². The van der Waals surface area contributed by atoms with Gasteiger partial charge in [-0.1, -0.05) is 48.2 Å². The molecule has 0 aliphatic rings. The normalized spacial score (nSPS) is 11.4. The van der Waals surface area contributed by atoms with Crippen LogP contribution in [0.1, 0.15) is 16.8 Å². The monoisotopic (exact) mass is 483 g/mol. The Bertz CT molecular complexity index is 1330. The largest absolute Gasteiger partial charge is 0.497 e. The highest BCUT2D eigenvalue weighted by atomic mass is 32.2. The van der Waals surface area contributed by atoms with Gasteiger partial charge in [0.25, 0.3) is 0 Å². The molecule has 4 rings (SSSR count). The van der Waals surface area contributed by atoms with Crippen molar-refractivity contribution in [3.63, 3.8) is 0 Å². The summed E-state index contributed by atoms with van der Waals surface area (Å²) in [7, 11) is 1.59. The van der Waals surface area contributed by atoms with Gasteiger partial charge in [0, 0.05) is 6.42 Å². The first kappa shape index (κ1) is 23.6. The predicted octanol–water partition coefficient (Wildman–Crippen LogP) is 5.98. The number of rotatable bonds is 7. The molecule has 0 spiro atoms. The zero-order chi connectivity index (χ0) is 24.1. The Kier molecular flexibility index (Phi) is 7.02. The van der Waals surface area contributed by atoms with E-state index < -0.39 is 17.6 Å². The number of carbonyl (C=O) groups is 1. The van der Waals surface area contributed by atoms with E-state index in [1.807, 2.05) is 48.5 Å². The molecule has 1 N–H and O–H groups in total. The molecule has 0 fully saturated rings. The van der Waals surface area contributed by atoms with Gasteiger partial charge < -0.3 is 10.1 Å². The summed E-state index contributed by atoms with van der Waals surface area (Å²) in [6.45, 7) is 0. The highest BCUT2D eigenvalue weighted by Gasteiger charge is 2.33. The van der Waals surface area contributed by atoms with Crippen molar-refractivity contribution in [2.45, 2.75) is 17.6 Å². The molecule has 9 heteroatoms. The molecule has 0 aliphatic heterocycles. The van der Waals surface area contributed by atoms with Gasteiger partial charge in [0.15, 0.2) is 0 Å². The number of nitrogens with zero attached hydrogens (tertiary/aromatic N) is 2. The Hall–Kier alpha value is -3.59.